The second-order valence-corrected chi connectivity index (χ2v) is 3.53. The monoisotopic (exact) mass is 241 g/mol. The summed E-state index contributed by atoms with van der Waals surface area (Å²) in [6.45, 7) is 0.501. The van der Waals surface area contributed by atoms with Crippen LogP contribution >= 0.6 is 0 Å². The molecular weight excluding hydrogens is 227 g/mol. The molecule has 16 heavy (non-hydrogen) atoms. The first kappa shape index (κ1) is 14.7. The number of primary amides is 1. The lowest BCUT2D eigenvalue weighted by molar-refractivity contribution is -0.187. The Hall–Kier alpha value is -1.31. The molecule has 2 amide bonds. The van der Waals surface area contributed by atoms with Crippen LogP contribution in [0.3, 0.4) is 0 Å². The van der Waals surface area contributed by atoms with Crippen molar-refractivity contribution in [2.45, 2.75) is 31.5 Å². The lowest BCUT2D eigenvalue weighted by Crippen LogP contribution is -2.61. The molecule has 0 bridgehead atoms. The maximum absolute atomic E-state index is 12.3. The van der Waals surface area contributed by atoms with E-state index in [2.05, 4.69) is 0 Å². The molecule has 0 aromatic heterocycles. The summed E-state index contributed by atoms with van der Waals surface area (Å²) < 4.78 is 36.8. The van der Waals surface area contributed by atoms with E-state index in [1.54, 1.807) is 0 Å². The van der Waals surface area contributed by atoms with Crippen LogP contribution in [-0.4, -0.2) is 30.1 Å². The average molecular weight is 241 g/mol. The highest BCUT2D eigenvalue weighted by molar-refractivity contribution is 5.86. The Bertz CT molecular complexity index is 276. The predicted molar refractivity (Wildman–Crippen MR) is 50.1 cm³/mol. The van der Waals surface area contributed by atoms with Crippen LogP contribution in [0.25, 0.3) is 0 Å². The van der Waals surface area contributed by atoms with E-state index in [-0.39, 0.29) is 19.4 Å². The van der Waals surface area contributed by atoms with Gasteiger partial charge in [-0.25, -0.2) is 0 Å². The van der Waals surface area contributed by atoms with Crippen molar-refractivity contribution in [1.29, 1.82) is 0 Å². The van der Waals surface area contributed by atoms with Crippen LogP contribution in [-0.2, 0) is 9.59 Å². The molecule has 0 heterocycles. The molecule has 0 rings (SSSR count). The van der Waals surface area contributed by atoms with Crippen LogP contribution in [0.1, 0.15) is 19.8 Å². The number of amides is 2. The van der Waals surface area contributed by atoms with Crippen LogP contribution in [0.5, 0.6) is 0 Å². The number of hydrogen-bond donors (Lipinski definition) is 3. The number of alkyl halides is 3. The van der Waals surface area contributed by atoms with Crippen LogP contribution in [0, 0.1) is 0 Å². The topological polar surface area (TPSA) is 98.2 Å². The maximum Gasteiger partial charge on any atom is 0.415 e. The number of rotatable bonds is 5. The van der Waals surface area contributed by atoms with E-state index in [1.807, 2.05) is 5.32 Å². The van der Waals surface area contributed by atoms with Crippen LogP contribution in [0.15, 0.2) is 0 Å². The molecule has 94 valence electrons. The fourth-order valence-electron chi connectivity index (χ4n) is 0.777. The van der Waals surface area contributed by atoms with Crippen molar-refractivity contribution >= 4 is 11.8 Å². The Kier molecular flexibility index (Phi) is 4.73. The first-order valence-corrected chi connectivity index (χ1v) is 4.51. The quantitative estimate of drug-likeness (QED) is 0.573. The molecule has 0 aliphatic heterocycles. The van der Waals surface area contributed by atoms with Gasteiger partial charge < -0.3 is 16.8 Å². The second-order valence-electron chi connectivity index (χ2n) is 3.53. The number of nitrogens with one attached hydrogen (secondary N) is 1. The molecule has 0 aliphatic rings. The first-order chi connectivity index (χ1) is 7.09. The third-order valence-electron chi connectivity index (χ3n) is 1.95. The fraction of sp³-hybridized carbons (Fsp3) is 0.750. The van der Waals surface area contributed by atoms with E-state index in [1.165, 1.54) is 0 Å². The van der Waals surface area contributed by atoms with Crippen LogP contribution in [0.4, 0.5) is 13.2 Å². The van der Waals surface area contributed by atoms with Gasteiger partial charge in [0.15, 0.2) is 5.54 Å². The van der Waals surface area contributed by atoms with Gasteiger partial charge in [-0.1, -0.05) is 0 Å². The standard InChI is InChI=1S/C8H14F3N3O2/c1-7(13,8(9,10)11)6(16)14-4-2-3-5(12)15/h2-4,13H2,1H3,(H2,12,15)(H,14,16). The van der Waals surface area contributed by atoms with Crippen molar-refractivity contribution < 1.29 is 22.8 Å². The normalized spacial score (nSPS) is 15.3. The summed E-state index contributed by atoms with van der Waals surface area (Å²) in [4.78, 5) is 21.4. The molecule has 0 aromatic rings. The summed E-state index contributed by atoms with van der Waals surface area (Å²) in [5.41, 5.74) is 6.73. The van der Waals surface area contributed by atoms with Crippen LogP contribution in [0.2, 0.25) is 0 Å². The lowest BCUT2D eigenvalue weighted by atomic mass is 10.0. The molecule has 1 unspecified atom stereocenters. The van der Waals surface area contributed by atoms with E-state index in [4.69, 9.17) is 11.5 Å². The van der Waals surface area contributed by atoms with E-state index in [0.29, 0.717) is 6.92 Å². The smallest absolute Gasteiger partial charge is 0.370 e. The van der Waals surface area contributed by atoms with Crippen molar-refractivity contribution in [2.75, 3.05) is 6.54 Å². The maximum atomic E-state index is 12.3. The minimum atomic E-state index is -4.82. The number of carbonyl (C=O) groups excluding carboxylic acids is 2. The fourth-order valence-corrected chi connectivity index (χ4v) is 0.777. The van der Waals surface area contributed by atoms with Gasteiger partial charge in [0.2, 0.25) is 11.8 Å². The van der Waals surface area contributed by atoms with E-state index < -0.39 is 23.5 Å². The van der Waals surface area contributed by atoms with Gasteiger partial charge in [0.25, 0.3) is 0 Å². The third kappa shape index (κ3) is 4.05. The predicted octanol–water partition coefficient (Wildman–Crippen LogP) is -0.352. The minimum Gasteiger partial charge on any atom is -0.370 e. The third-order valence-corrected chi connectivity index (χ3v) is 1.95. The lowest BCUT2D eigenvalue weighted by Gasteiger charge is -2.26. The summed E-state index contributed by atoms with van der Waals surface area (Å²) in [5.74, 6) is -1.91. The molecule has 0 aromatic carbocycles. The summed E-state index contributed by atoms with van der Waals surface area (Å²) >= 11 is 0. The molecule has 0 saturated carbocycles. The zero-order chi connectivity index (χ0) is 13.0. The van der Waals surface area contributed by atoms with Crippen molar-refractivity contribution in [2.24, 2.45) is 11.5 Å². The summed E-state index contributed by atoms with van der Waals surface area (Å²) in [5, 5.41) is 1.99. The van der Waals surface area contributed by atoms with Gasteiger partial charge >= 0.3 is 6.18 Å². The summed E-state index contributed by atoms with van der Waals surface area (Å²) in [6, 6.07) is 0. The molecule has 0 fully saturated rings. The Morgan fingerprint density at radius 3 is 2.19 bits per heavy atom. The Morgan fingerprint density at radius 2 is 1.81 bits per heavy atom. The highest BCUT2D eigenvalue weighted by Crippen LogP contribution is 2.27. The van der Waals surface area contributed by atoms with Gasteiger partial charge in [-0.3, -0.25) is 9.59 Å². The number of hydrogen-bond acceptors (Lipinski definition) is 3. The molecule has 0 radical (unpaired) electrons. The van der Waals surface area contributed by atoms with Crippen molar-refractivity contribution in [3.05, 3.63) is 0 Å². The average Bonchev–Trinajstić information content (AvgIpc) is 2.09. The Morgan fingerprint density at radius 1 is 1.31 bits per heavy atom. The first-order valence-electron chi connectivity index (χ1n) is 4.51. The molecule has 5 nitrogen and oxygen atoms in total. The molecule has 8 heteroatoms. The van der Waals surface area contributed by atoms with Crippen molar-refractivity contribution in [1.82, 2.24) is 5.32 Å². The van der Waals surface area contributed by atoms with Gasteiger partial charge in [0.05, 0.1) is 0 Å². The van der Waals surface area contributed by atoms with Gasteiger partial charge in [0, 0.05) is 13.0 Å². The number of carbonyl (C=O) groups is 2. The zero-order valence-corrected chi connectivity index (χ0v) is 8.73. The molecule has 0 spiro atoms. The number of nitrogens with two attached hydrogens (primary N) is 2. The number of halogens is 3. The Balaban J connectivity index is 4.12. The second kappa shape index (κ2) is 5.15. The van der Waals surface area contributed by atoms with Crippen molar-refractivity contribution in [3.63, 3.8) is 0 Å². The molecule has 1 atom stereocenters. The SMILES string of the molecule is CC(N)(C(=O)NCCCC(N)=O)C(F)(F)F. The van der Waals surface area contributed by atoms with E-state index in [0.717, 1.165) is 0 Å². The zero-order valence-electron chi connectivity index (χ0n) is 8.73. The molecule has 5 N–H and O–H groups in total. The highest BCUT2D eigenvalue weighted by atomic mass is 19.4. The van der Waals surface area contributed by atoms with Crippen LogP contribution < -0.4 is 16.8 Å². The summed E-state index contributed by atoms with van der Waals surface area (Å²) in [7, 11) is 0. The van der Waals surface area contributed by atoms with Gasteiger partial charge in [-0.2, -0.15) is 13.2 Å². The highest BCUT2D eigenvalue weighted by Gasteiger charge is 2.53. The van der Waals surface area contributed by atoms with Gasteiger partial charge in [0.1, 0.15) is 0 Å². The minimum absolute atomic E-state index is 0.00637. The van der Waals surface area contributed by atoms with Gasteiger partial charge in [-0.05, 0) is 13.3 Å². The molecular formula is C8H14F3N3O2. The Labute approximate surface area is 90.3 Å². The largest absolute Gasteiger partial charge is 0.415 e. The molecule has 0 saturated heterocycles. The van der Waals surface area contributed by atoms with Crippen molar-refractivity contribution in [3.8, 4) is 0 Å². The van der Waals surface area contributed by atoms with Gasteiger partial charge in [-0.15, -0.1) is 0 Å². The van der Waals surface area contributed by atoms with E-state index >= 15 is 0 Å². The molecule has 0 aliphatic carbocycles. The summed E-state index contributed by atoms with van der Waals surface area (Å²) in [6.07, 6.45) is -4.65. The van der Waals surface area contributed by atoms with E-state index in [9.17, 15) is 22.8 Å².